The molecular formula is C18H21N3O7. The van der Waals surface area contributed by atoms with E-state index in [4.69, 9.17) is 19.1 Å². The zero-order valence-electron chi connectivity index (χ0n) is 15.9. The van der Waals surface area contributed by atoms with Gasteiger partial charge < -0.3 is 29.8 Å². The van der Waals surface area contributed by atoms with Gasteiger partial charge in [-0.15, -0.1) is 0 Å². The van der Waals surface area contributed by atoms with Crippen molar-refractivity contribution in [2.75, 3.05) is 12.4 Å². The summed E-state index contributed by atoms with van der Waals surface area (Å²) in [6.07, 6.45) is -0.704. The second-order valence-electron chi connectivity index (χ2n) is 7.32. The van der Waals surface area contributed by atoms with Gasteiger partial charge in [0, 0.05) is 23.3 Å². The molecule has 1 aromatic rings. The highest BCUT2D eigenvalue weighted by Gasteiger charge is 2.36. The molecule has 0 aromatic heterocycles. The minimum absolute atomic E-state index is 0.0591. The van der Waals surface area contributed by atoms with Crippen molar-refractivity contribution in [3.05, 3.63) is 23.4 Å². The molecule has 0 aliphatic carbocycles. The van der Waals surface area contributed by atoms with Crippen LogP contribution in [0.1, 0.15) is 38.7 Å². The van der Waals surface area contributed by atoms with Crippen molar-refractivity contribution in [3.63, 3.8) is 0 Å². The summed E-state index contributed by atoms with van der Waals surface area (Å²) < 4.78 is 10.0. The van der Waals surface area contributed by atoms with Crippen LogP contribution >= 0.6 is 0 Å². The number of rotatable bonds is 4. The Hall–Kier alpha value is -3.23. The normalized spacial score (nSPS) is 17.9. The Labute approximate surface area is 161 Å². The summed E-state index contributed by atoms with van der Waals surface area (Å²) in [4.78, 5) is 46.0. The molecule has 0 bridgehead atoms. The van der Waals surface area contributed by atoms with Crippen molar-refractivity contribution in [2.45, 2.75) is 44.8 Å². The Morgan fingerprint density at radius 3 is 2.57 bits per heavy atom. The highest BCUT2D eigenvalue weighted by molar-refractivity contribution is 5.83. The lowest BCUT2D eigenvalue weighted by molar-refractivity contribution is -0.143. The number of amides is 1. The number of alkyl carbamates (subject to hydrolysis) is 1. The van der Waals surface area contributed by atoms with Gasteiger partial charge in [-0.25, -0.2) is 14.4 Å². The number of hydrogen-bond donors (Lipinski definition) is 3. The maximum absolute atomic E-state index is 12.2. The quantitative estimate of drug-likeness (QED) is 0.518. The molecule has 28 heavy (non-hydrogen) atoms. The number of methoxy groups -OCH3 is 1. The van der Waals surface area contributed by atoms with Gasteiger partial charge >= 0.3 is 12.1 Å². The van der Waals surface area contributed by atoms with Crippen LogP contribution in [0.4, 0.5) is 10.5 Å². The van der Waals surface area contributed by atoms with Crippen LogP contribution in [0.5, 0.6) is 11.5 Å². The average Bonchev–Trinajstić information content (AvgIpc) is 3.20. The standard InChI is InChI=1S/C18H21N3O7/c1-18(2,3)26-17(24)20-12(16(23)25-4)5-9-10-6-14-15(28-21-27-14)7-11(10)19-13(9)8-22/h6-7,9,12,19,21H,5H2,1-4H3,(H,20,24)/t9?,12-/m0/s1. The Morgan fingerprint density at radius 1 is 1.29 bits per heavy atom. The Kier molecular flexibility index (Phi) is 5.17. The van der Waals surface area contributed by atoms with E-state index in [1.165, 1.54) is 7.11 Å². The minimum atomic E-state index is -1.04. The van der Waals surface area contributed by atoms with Crippen molar-refractivity contribution in [3.8, 4) is 11.5 Å². The van der Waals surface area contributed by atoms with E-state index in [1.807, 2.05) is 5.94 Å². The van der Waals surface area contributed by atoms with Crippen LogP contribution in [0.25, 0.3) is 0 Å². The molecule has 0 radical (unpaired) electrons. The number of carbonyl (C=O) groups is 2. The van der Waals surface area contributed by atoms with Crippen LogP contribution < -0.4 is 26.0 Å². The smallest absolute Gasteiger partial charge is 0.408 e. The molecule has 2 atom stereocenters. The zero-order chi connectivity index (χ0) is 20.5. The molecule has 3 rings (SSSR count). The van der Waals surface area contributed by atoms with Gasteiger partial charge in [0.1, 0.15) is 23.3 Å². The number of esters is 1. The summed E-state index contributed by atoms with van der Waals surface area (Å²) in [7, 11) is 1.22. The summed E-state index contributed by atoms with van der Waals surface area (Å²) in [5.74, 6) is 1.54. The number of allylic oxidation sites excluding steroid dienone is 1. The van der Waals surface area contributed by atoms with E-state index in [2.05, 4.69) is 16.3 Å². The molecule has 10 nitrogen and oxygen atoms in total. The predicted molar refractivity (Wildman–Crippen MR) is 96.2 cm³/mol. The SMILES string of the molecule is COC(=O)[C@H](CC1C(=C=O)Nc2cc3c(cc21)ONO3)NC(=O)OC(C)(C)C. The van der Waals surface area contributed by atoms with Gasteiger partial charge in [-0.1, -0.05) is 0 Å². The van der Waals surface area contributed by atoms with E-state index in [1.54, 1.807) is 32.9 Å². The lowest BCUT2D eigenvalue weighted by Crippen LogP contribution is -2.44. The van der Waals surface area contributed by atoms with E-state index in [-0.39, 0.29) is 12.1 Å². The number of nitrogens with one attached hydrogen (secondary N) is 3. The first-order valence-corrected chi connectivity index (χ1v) is 8.58. The van der Waals surface area contributed by atoms with Crippen molar-refractivity contribution in [1.82, 2.24) is 11.0 Å². The first-order valence-electron chi connectivity index (χ1n) is 8.58. The molecule has 2 aliphatic rings. The fraction of sp³-hybridized carbons (Fsp3) is 0.444. The Morgan fingerprint density at radius 2 is 1.96 bits per heavy atom. The van der Waals surface area contributed by atoms with Gasteiger partial charge in [-0.05, 0) is 38.8 Å². The van der Waals surface area contributed by atoms with Crippen LogP contribution in [0.2, 0.25) is 0 Å². The maximum atomic E-state index is 12.2. The molecule has 1 unspecified atom stereocenters. The van der Waals surface area contributed by atoms with Crippen LogP contribution in [-0.4, -0.2) is 36.8 Å². The Balaban J connectivity index is 1.85. The molecule has 2 aliphatic heterocycles. The summed E-state index contributed by atoms with van der Waals surface area (Å²) in [6, 6.07) is 2.31. The number of anilines is 1. The number of benzene rings is 1. The Bertz CT molecular complexity index is 855. The van der Waals surface area contributed by atoms with Crippen LogP contribution in [-0.2, 0) is 19.1 Å². The third-order valence-corrected chi connectivity index (χ3v) is 4.17. The largest absolute Gasteiger partial charge is 0.467 e. The number of carbonyl (C=O) groups excluding carboxylic acids is 3. The van der Waals surface area contributed by atoms with Crippen LogP contribution in [0.15, 0.2) is 17.8 Å². The van der Waals surface area contributed by atoms with E-state index in [9.17, 15) is 14.4 Å². The van der Waals surface area contributed by atoms with Gasteiger partial charge in [-0.3, -0.25) is 0 Å². The molecule has 0 fully saturated rings. The lowest BCUT2D eigenvalue weighted by Gasteiger charge is -2.24. The van der Waals surface area contributed by atoms with Gasteiger partial charge in [0.05, 0.1) is 7.11 Å². The predicted octanol–water partition coefficient (Wildman–Crippen LogP) is 1.56. The zero-order valence-corrected chi connectivity index (χ0v) is 15.9. The van der Waals surface area contributed by atoms with Gasteiger partial charge in [0.25, 0.3) is 0 Å². The van der Waals surface area contributed by atoms with Crippen LogP contribution in [0, 0.1) is 0 Å². The fourth-order valence-corrected chi connectivity index (χ4v) is 3.01. The number of hydrogen-bond acceptors (Lipinski definition) is 9. The number of fused-ring (bicyclic) bond motifs is 2. The second kappa shape index (κ2) is 7.41. The average molecular weight is 391 g/mol. The molecule has 2 heterocycles. The first-order chi connectivity index (χ1) is 13.2. The van der Waals surface area contributed by atoms with Gasteiger partial charge in [-0.2, -0.15) is 0 Å². The molecule has 1 amide bonds. The van der Waals surface area contributed by atoms with Crippen LogP contribution in [0.3, 0.4) is 0 Å². The first kappa shape index (κ1) is 19.5. The highest BCUT2D eigenvalue weighted by atomic mass is 16.9. The molecule has 0 saturated heterocycles. The summed E-state index contributed by atoms with van der Waals surface area (Å²) in [6.45, 7) is 5.13. The van der Waals surface area contributed by atoms with E-state index in [0.29, 0.717) is 22.7 Å². The van der Waals surface area contributed by atoms with Gasteiger partial charge in [0.2, 0.25) is 0 Å². The van der Waals surface area contributed by atoms with Crippen molar-refractivity contribution >= 4 is 23.7 Å². The summed E-state index contributed by atoms with van der Waals surface area (Å²) in [5, 5.41) is 5.46. The highest BCUT2D eigenvalue weighted by Crippen LogP contribution is 2.46. The van der Waals surface area contributed by atoms with Crippen molar-refractivity contribution in [2.24, 2.45) is 0 Å². The molecule has 10 heteroatoms. The minimum Gasteiger partial charge on any atom is -0.467 e. The molecule has 3 N–H and O–H groups in total. The lowest BCUT2D eigenvalue weighted by atomic mass is 9.91. The molecule has 0 spiro atoms. The van der Waals surface area contributed by atoms with E-state index >= 15 is 0 Å². The molecule has 1 aromatic carbocycles. The fourth-order valence-electron chi connectivity index (χ4n) is 3.01. The second-order valence-corrected chi connectivity index (χ2v) is 7.32. The molecular weight excluding hydrogens is 370 g/mol. The van der Waals surface area contributed by atoms with E-state index in [0.717, 1.165) is 0 Å². The molecule has 150 valence electrons. The van der Waals surface area contributed by atoms with Gasteiger partial charge in [0.15, 0.2) is 11.5 Å². The summed E-state index contributed by atoms with van der Waals surface area (Å²) in [5.41, 5.74) is 3.10. The van der Waals surface area contributed by atoms with Crippen molar-refractivity contribution in [1.29, 1.82) is 0 Å². The van der Waals surface area contributed by atoms with E-state index < -0.39 is 29.6 Å². The third-order valence-electron chi connectivity index (χ3n) is 4.17. The third kappa shape index (κ3) is 4.03. The molecule has 0 saturated carbocycles. The topological polar surface area (TPSA) is 124 Å². The summed E-state index contributed by atoms with van der Waals surface area (Å²) >= 11 is 0. The monoisotopic (exact) mass is 391 g/mol. The number of ether oxygens (including phenoxy) is 2. The maximum Gasteiger partial charge on any atom is 0.408 e. The van der Waals surface area contributed by atoms with Crippen molar-refractivity contribution < 1.29 is 33.5 Å².